The summed E-state index contributed by atoms with van der Waals surface area (Å²) in [5.41, 5.74) is 1.43. The SMILES string of the molecule is O=c1oc2cc(OCc3nn[nH]n3)ccc2cc1-c1ccccc1. The van der Waals surface area contributed by atoms with Crippen molar-refractivity contribution < 1.29 is 9.15 Å². The molecular weight excluding hydrogens is 308 g/mol. The number of H-pyrrole nitrogens is 1. The van der Waals surface area contributed by atoms with E-state index in [2.05, 4.69) is 20.6 Å². The number of nitrogens with one attached hydrogen (secondary N) is 1. The zero-order valence-corrected chi connectivity index (χ0v) is 12.5. The molecule has 2 aromatic carbocycles. The Labute approximate surface area is 135 Å². The Morgan fingerprint density at radius 3 is 2.75 bits per heavy atom. The van der Waals surface area contributed by atoms with Crippen LogP contribution >= 0.6 is 0 Å². The number of ether oxygens (including phenoxy) is 1. The molecule has 0 saturated carbocycles. The average molecular weight is 320 g/mol. The van der Waals surface area contributed by atoms with Crippen molar-refractivity contribution >= 4 is 11.0 Å². The van der Waals surface area contributed by atoms with Gasteiger partial charge in [0, 0.05) is 11.5 Å². The summed E-state index contributed by atoms with van der Waals surface area (Å²) in [5, 5.41) is 14.2. The second-order valence-corrected chi connectivity index (χ2v) is 5.13. The van der Waals surface area contributed by atoms with Gasteiger partial charge in [-0.2, -0.15) is 5.21 Å². The molecule has 0 atom stereocenters. The molecule has 0 saturated heterocycles. The summed E-state index contributed by atoms with van der Waals surface area (Å²) in [5.74, 6) is 0.999. The predicted octanol–water partition coefficient (Wildman–Crippen LogP) is 2.55. The maximum atomic E-state index is 12.2. The minimum absolute atomic E-state index is 0.175. The Kier molecular flexibility index (Phi) is 3.51. The van der Waals surface area contributed by atoms with Crippen LogP contribution in [0.1, 0.15) is 5.82 Å². The lowest BCUT2D eigenvalue weighted by Crippen LogP contribution is -2.03. The molecule has 0 amide bonds. The number of fused-ring (bicyclic) bond motifs is 1. The second-order valence-electron chi connectivity index (χ2n) is 5.13. The Balaban J connectivity index is 1.67. The minimum atomic E-state index is -0.385. The van der Waals surface area contributed by atoms with Gasteiger partial charge in [0.1, 0.15) is 11.3 Å². The fraction of sp³-hybridized carbons (Fsp3) is 0.0588. The van der Waals surface area contributed by atoms with Gasteiger partial charge in [-0.25, -0.2) is 4.79 Å². The topological polar surface area (TPSA) is 93.9 Å². The molecule has 0 spiro atoms. The third kappa shape index (κ3) is 2.74. The molecule has 0 unspecified atom stereocenters. The van der Waals surface area contributed by atoms with Gasteiger partial charge in [-0.05, 0) is 23.8 Å². The lowest BCUT2D eigenvalue weighted by Gasteiger charge is -2.06. The fourth-order valence-corrected chi connectivity index (χ4v) is 2.39. The number of benzene rings is 2. The van der Waals surface area contributed by atoms with Crippen LogP contribution in [0.15, 0.2) is 63.8 Å². The minimum Gasteiger partial charge on any atom is -0.485 e. The molecule has 4 rings (SSSR count). The Morgan fingerprint density at radius 2 is 1.96 bits per heavy atom. The molecule has 2 aromatic heterocycles. The van der Waals surface area contributed by atoms with Crippen LogP contribution in [-0.2, 0) is 6.61 Å². The lowest BCUT2D eigenvalue weighted by atomic mass is 10.1. The van der Waals surface area contributed by atoms with E-state index < -0.39 is 0 Å². The van der Waals surface area contributed by atoms with Crippen LogP contribution in [0, 0.1) is 0 Å². The highest BCUT2D eigenvalue weighted by atomic mass is 16.5. The van der Waals surface area contributed by atoms with Gasteiger partial charge in [-0.15, -0.1) is 10.2 Å². The lowest BCUT2D eigenvalue weighted by molar-refractivity contribution is 0.296. The number of nitrogens with zero attached hydrogens (tertiary/aromatic N) is 3. The normalized spacial score (nSPS) is 10.8. The van der Waals surface area contributed by atoms with Crippen LogP contribution in [0.4, 0.5) is 0 Å². The van der Waals surface area contributed by atoms with Gasteiger partial charge in [-0.1, -0.05) is 35.5 Å². The third-order valence-electron chi connectivity index (χ3n) is 3.55. The quantitative estimate of drug-likeness (QED) is 0.581. The summed E-state index contributed by atoms with van der Waals surface area (Å²) in [4.78, 5) is 12.2. The van der Waals surface area contributed by atoms with E-state index in [-0.39, 0.29) is 12.2 Å². The molecule has 7 nitrogen and oxygen atoms in total. The third-order valence-corrected chi connectivity index (χ3v) is 3.55. The zero-order chi connectivity index (χ0) is 16.4. The summed E-state index contributed by atoms with van der Waals surface area (Å²) in [7, 11) is 0. The van der Waals surface area contributed by atoms with E-state index in [1.54, 1.807) is 12.1 Å². The van der Waals surface area contributed by atoms with E-state index in [1.165, 1.54) is 0 Å². The first kappa shape index (κ1) is 14.1. The number of tetrazole rings is 1. The molecule has 7 heteroatoms. The van der Waals surface area contributed by atoms with Crippen LogP contribution in [0.3, 0.4) is 0 Å². The van der Waals surface area contributed by atoms with E-state index in [4.69, 9.17) is 9.15 Å². The average Bonchev–Trinajstić information content (AvgIpc) is 3.13. The molecular formula is C17H12N4O3. The van der Waals surface area contributed by atoms with Gasteiger partial charge in [0.05, 0.1) is 5.56 Å². The van der Waals surface area contributed by atoms with Crippen LogP contribution in [0.25, 0.3) is 22.1 Å². The van der Waals surface area contributed by atoms with Gasteiger partial charge in [-0.3, -0.25) is 0 Å². The van der Waals surface area contributed by atoms with Crippen molar-refractivity contribution in [1.82, 2.24) is 20.6 Å². The molecule has 0 fully saturated rings. The summed E-state index contributed by atoms with van der Waals surface area (Å²) >= 11 is 0. The molecule has 24 heavy (non-hydrogen) atoms. The van der Waals surface area contributed by atoms with Crippen molar-refractivity contribution in [3.05, 3.63) is 70.8 Å². The van der Waals surface area contributed by atoms with Crippen molar-refractivity contribution in [2.45, 2.75) is 6.61 Å². The fourth-order valence-electron chi connectivity index (χ4n) is 2.39. The highest BCUT2D eigenvalue weighted by Crippen LogP contribution is 2.24. The number of aromatic amines is 1. The van der Waals surface area contributed by atoms with Gasteiger partial charge in [0.25, 0.3) is 0 Å². The molecule has 0 aliphatic carbocycles. The Morgan fingerprint density at radius 1 is 1.08 bits per heavy atom. The Bertz CT molecular complexity index is 1030. The van der Waals surface area contributed by atoms with E-state index in [0.717, 1.165) is 10.9 Å². The standard InChI is InChI=1S/C17H12N4O3/c22-17-14(11-4-2-1-3-5-11)8-12-6-7-13(9-15(12)24-17)23-10-16-18-20-21-19-16/h1-9H,10H2,(H,18,19,20,21). The van der Waals surface area contributed by atoms with E-state index in [0.29, 0.717) is 22.7 Å². The van der Waals surface area contributed by atoms with Crippen LogP contribution in [0.2, 0.25) is 0 Å². The van der Waals surface area contributed by atoms with E-state index >= 15 is 0 Å². The first-order chi connectivity index (χ1) is 11.8. The maximum absolute atomic E-state index is 12.2. The summed E-state index contributed by atoms with van der Waals surface area (Å²) in [6, 6.07) is 16.6. The molecule has 0 radical (unpaired) electrons. The summed E-state index contributed by atoms with van der Waals surface area (Å²) in [6.45, 7) is 0.175. The van der Waals surface area contributed by atoms with Crippen molar-refractivity contribution in [2.24, 2.45) is 0 Å². The molecule has 0 bridgehead atoms. The van der Waals surface area contributed by atoms with E-state index in [9.17, 15) is 4.79 Å². The van der Waals surface area contributed by atoms with Gasteiger partial charge in [0.15, 0.2) is 6.61 Å². The first-order valence-electron chi connectivity index (χ1n) is 7.28. The largest absolute Gasteiger partial charge is 0.485 e. The van der Waals surface area contributed by atoms with Crippen molar-refractivity contribution in [3.63, 3.8) is 0 Å². The Hall–Kier alpha value is -3.48. The number of hydrogen-bond acceptors (Lipinski definition) is 6. The molecule has 0 aliphatic heterocycles. The highest BCUT2D eigenvalue weighted by Gasteiger charge is 2.09. The van der Waals surface area contributed by atoms with E-state index in [1.807, 2.05) is 42.5 Å². The summed E-state index contributed by atoms with van der Waals surface area (Å²) in [6.07, 6.45) is 0. The zero-order valence-electron chi connectivity index (χ0n) is 12.5. The monoisotopic (exact) mass is 320 g/mol. The highest BCUT2D eigenvalue weighted by molar-refractivity contribution is 5.82. The molecule has 1 N–H and O–H groups in total. The molecule has 0 aliphatic rings. The molecule has 2 heterocycles. The molecule has 118 valence electrons. The van der Waals surface area contributed by atoms with Gasteiger partial charge in [0.2, 0.25) is 5.82 Å². The van der Waals surface area contributed by atoms with Crippen molar-refractivity contribution in [2.75, 3.05) is 0 Å². The second kappa shape index (κ2) is 5.96. The number of rotatable bonds is 4. The van der Waals surface area contributed by atoms with Crippen molar-refractivity contribution in [1.29, 1.82) is 0 Å². The predicted molar refractivity (Wildman–Crippen MR) is 86.4 cm³/mol. The molecule has 4 aromatic rings. The van der Waals surface area contributed by atoms with Crippen LogP contribution in [-0.4, -0.2) is 20.6 Å². The first-order valence-corrected chi connectivity index (χ1v) is 7.28. The van der Waals surface area contributed by atoms with Crippen molar-refractivity contribution in [3.8, 4) is 16.9 Å². The number of aromatic nitrogens is 4. The van der Waals surface area contributed by atoms with Crippen LogP contribution in [0.5, 0.6) is 5.75 Å². The summed E-state index contributed by atoms with van der Waals surface area (Å²) < 4.78 is 11.0. The van der Waals surface area contributed by atoms with Crippen LogP contribution < -0.4 is 10.4 Å². The van der Waals surface area contributed by atoms with Gasteiger partial charge >= 0.3 is 5.63 Å². The smallest absolute Gasteiger partial charge is 0.344 e. The number of hydrogen-bond donors (Lipinski definition) is 1. The maximum Gasteiger partial charge on any atom is 0.344 e. The van der Waals surface area contributed by atoms with Gasteiger partial charge < -0.3 is 9.15 Å².